The molecule has 0 saturated heterocycles. The molecule has 0 N–H and O–H groups in total. The first-order valence-electron chi connectivity index (χ1n) is 14.5. The molecule has 0 aliphatic carbocycles. The Morgan fingerprint density at radius 3 is 1.88 bits per heavy atom. The van der Waals surface area contributed by atoms with Crippen molar-refractivity contribution in [1.82, 2.24) is 0 Å². The summed E-state index contributed by atoms with van der Waals surface area (Å²) in [5.41, 5.74) is 8.87. The molecule has 0 saturated carbocycles. The average molecular weight is 539 g/mol. The van der Waals surface area contributed by atoms with Crippen molar-refractivity contribution < 1.29 is 8.83 Å². The SMILES string of the molecule is C/C=C\c1c(C)oc2ccc(-c3c4ccccc4c(-c4cc5cccc6oc7cccc4c7c56)c4ccccc34)cc12. The number of furan rings is 2. The fourth-order valence-corrected chi connectivity index (χ4v) is 7.18. The molecule has 0 radical (unpaired) electrons. The third-order valence-corrected chi connectivity index (χ3v) is 8.88. The van der Waals surface area contributed by atoms with Crippen LogP contribution in [0.15, 0.2) is 124 Å². The Balaban J connectivity index is 1.44. The van der Waals surface area contributed by atoms with Gasteiger partial charge in [0.2, 0.25) is 0 Å². The Kier molecular flexibility index (Phi) is 4.77. The highest BCUT2D eigenvalue weighted by atomic mass is 16.3. The maximum Gasteiger partial charge on any atom is 0.136 e. The third kappa shape index (κ3) is 3.09. The van der Waals surface area contributed by atoms with E-state index in [1.54, 1.807) is 0 Å². The summed E-state index contributed by atoms with van der Waals surface area (Å²) < 4.78 is 12.4. The van der Waals surface area contributed by atoms with Crippen LogP contribution in [0.5, 0.6) is 0 Å². The monoisotopic (exact) mass is 538 g/mol. The van der Waals surface area contributed by atoms with Crippen molar-refractivity contribution in [3.63, 3.8) is 0 Å². The Hall–Kier alpha value is -5.34. The Bertz CT molecular complexity index is 2480. The summed E-state index contributed by atoms with van der Waals surface area (Å²) in [7, 11) is 0. The van der Waals surface area contributed by atoms with Crippen LogP contribution in [-0.2, 0) is 0 Å². The van der Waals surface area contributed by atoms with Crippen LogP contribution in [0.2, 0.25) is 0 Å². The van der Waals surface area contributed by atoms with Crippen molar-refractivity contribution in [2.24, 2.45) is 0 Å². The van der Waals surface area contributed by atoms with Crippen LogP contribution in [0.25, 0.3) is 93.6 Å². The summed E-state index contributed by atoms with van der Waals surface area (Å²) in [4.78, 5) is 0. The van der Waals surface area contributed by atoms with E-state index in [-0.39, 0.29) is 0 Å². The largest absolute Gasteiger partial charge is 0.461 e. The van der Waals surface area contributed by atoms with Crippen LogP contribution < -0.4 is 0 Å². The molecule has 198 valence electrons. The molecule has 9 aromatic rings. The van der Waals surface area contributed by atoms with E-state index in [1.807, 2.05) is 6.92 Å². The molecule has 0 spiro atoms. The maximum absolute atomic E-state index is 6.31. The molecule has 0 atom stereocenters. The number of aryl methyl sites for hydroxylation is 1. The number of rotatable bonds is 3. The maximum atomic E-state index is 6.31. The van der Waals surface area contributed by atoms with Gasteiger partial charge in [-0.2, -0.15) is 0 Å². The molecular formula is C40H26O2. The van der Waals surface area contributed by atoms with Crippen LogP contribution in [0.3, 0.4) is 0 Å². The standard InChI is InChI=1S/C40H26O2/c1-3-10-26-23(2)41-34-20-19-25(21-32(26)34)37-27-12-4-6-14-29(27)39(30-15-7-5-13-28(30)37)33-22-24-11-8-17-35-38(24)40-31(33)16-9-18-36(40)42-35/h3-22H,1-2H3/b10-3-. The summed E-state index contributed by atoms with van der Waals surface area (Å²) >= 11 is 0. The number of hydrogen-bond acceptors (Lipinski definition) is 2. The smallest absolute Gasteiger partial charge is 0.136 e. The minimum absolute atomic E-state index is 0.917. The van der Waals surface area contributed by atoms with Crippen molar-refractivity contribution in [1.29, 1.82) is 0 Å². The van der Waals surface area contributed by atoms with Crippen LogP contribution in [0.4, 0.5) is 0 Å². The highest BCUT2D eigenvalue weighted by Crippen LogP contribution is 2.48. The van der Waals surface area contributed by atoms with E-state index in [1.165, 1.54) is 65.3 Å². The molecule has 9 rings (SSSR count). The zero-order valence-corrected chi connectivity index (χ0v) is 23.4. The van der Waals surface area contributed by atoms with Crippen molar-refractivity contribution >= 4 is 71.3 Å². The molecule has 2 heterocycles. The second-order valence-electron chi connectivity index (χ2n) is 11.2. The molecular weight excluding hydrogens is 512 g/mol. The Morgan fingerprint density at radius 2 is 1.17 bits per heavy atom. The van der Waals surface area contributed by atoms with Crippen LogP contribution in [0.1, 0.15) is 18.2 Å². The fourth-order valence-electron chi connectivity index (χ4n) is 7.18. The van der Waals surface area contributed by atoms with E-state index in [0.717, 1.165) is 33.5 Å². The molecule has 0 aliphatic heterocycles. The highest BCUT2D eigenvalue weighted by molar-refractivity contribution is 6.29. The molecule has 0 amide bonds. The minimum Gasteiger partial charge on any atom is -0.461 e. The summed E-state index contributed by atoms with van der Waals surface area (Å²) in [6.07, 6.45) is 4.22. The first-order chi connectivity index (χ1) is 20.7. The first-order valence-corrected chi connectivity index (χ1v) is 14.5. The number of hydrogen-bond donors (Lipinski definition) is 0. The lowest BCUT2D eigenvalue weighted by molar-refractivity contribution is 0.577. The van der Waals surface area contributed by atoms with E-state index >= 15 is 0 Å². The normalized spacial score (nSPS) is 12.4. The molecule has 7 aromatic carbocycles. The fraction of sp³-hybridized carbons (Fsp3) is 0.0500. The minimum atomic E-state index is 0.917. The van der Waals surface area contributed by atoms with Gasteiger partial charge in [-0.3, -0.25) is 0 Å². The third-order valence-electron chi connectivity index (χ3n) is 8.88. The lowest BCUT2D eigenvalue weighted by Crippen LogP contribution is -1.92. The molecule has 2 heteroatoms. The molecule has 2 aromatic heterocycles. The summed E-state index contributed by atoms with van der Waals surface area (Å²) in [6.45, 7) is 4.09. The molecule has 0 aliphatic rings. The first kappa shape index (κ1) is 23.4. The van der Waals surface area contributed by atoms with Gasteiger partial charge in [-0.05, 0) is 98.8 Å². The zero-order chi connectivity index (χ0) is 27.9. The molecule has 0 fully saturated rings. The van der Waals surface area contributed by atoms with E-state index < -0.39 is 0 Å². The Labute approximate surface area is 242 Å². The Morgan fingerprint density at radius 1 is 0.524 bits per heavy atom. The van der Waals surface area contributed by atoms with Gasteiger partial charge < -0.3 is 8.83 Å². The number of benzene rings is 7. The van der Waals surface area contributed by atoms with Gasteiger partial charge in [-0.15, -0.1) is 0 Å². The van der Waals surface area contributed by atoms with Gasteiger partial charge in [0.1, 0.15) is 22.5 Å². The quantitative estimate of drug-likeness (QED) is 0.165. The van der Waals surface area contributed by atoms with E-state index in [2.05, 4.69) is 128 Å². The van der Waals surface area contributed by atoms with Gasteiger partial charge in [0.15, 0.2) is 0 Å². The van der Waals surface area contributed by atoms with Crippen molar-refractivity contribution in [3.05, 3.63) is 127 Å². The van der Waals surface area contributed by atoms with Crippen molar-refractivity contribution in [3.8, 4) is 22.3 Å². The lowest BCUT2D eigenvalue weighted by atomic mass is 9.83. The van der Waals surface area contributed by atoms with Crippen molar-refractivity contribution in [2.45, 2.75) is 13.8 Å². The van der Waals surface area contributed by atoms with Crippen LogP contribution in [-0.4, -0.2) is 0 Å². The number of fused-ring (bicyclic) bond motifs is 3. The highest BCUT2D eigenvalue weighted by Gasteiger charge is 2.22. The van der Waals surface area contributed by atoms with E-state index in [9.17, 15) is 0 Å². The molecule has 2 nitrogen and oxygen atoms in total. The van der Waals surface area contributed by atoms with Gasteiger partial charge in [0.05, 0.1) is 0 Å². The summed E-state index contributed by atoms with van der Waals surface area (Å²) in [6, 6.07) is 39.5. The topological polar surface area (TPSA) is 26.3 Å². The van der Waals surface area contributed by atoms with Gasteiger partial charge in [0.25, 0.3) is 0 Å². The van der Waals surface area contributed by atoms with E-state index in [4.69, 9.17) is 8.83 Å². The lowest BCUT2D eigenvalue weighted by Gasteiger charge is -2.19. The molecule has 0 unspecified atom stereocenters. The average Bonchev–Trinajstić information content (AvgIpc) is 3.56. The van der Waals surface area contributed by atoms with E-state index in [0.29, 0.717) is 0 Å². The zero-order valence-electron chi connectivity index (χ0n) is 23.4. The second-order valence-corrected chi connectivity index (χ2v) is 11.2. The predicted molar refractivity (Wildman–Crippen MR) is 178 cm³/mol. The molecule has 0 bridgehead atoms. The molecule has 42 heavy (non-hydrogen) atoms. The van der Waals surface area contributed by atoms with Gasteiger partial charge in [-0.1, -0.05) is 91.0 Å². The predicted octanol–water partition coefficient (Wildman–Crippen LogP) is 11.9. The van der Waals surface area contributed by atoms with Crippen molar-refractivity contribution in [2.75, 3.05) is 0 Å². The second kappa shape index (κ2) is 8.58. The number of allylic oxidation sites excluding steroid dienone is 1. The van der Waals surface area contributed by atoms with Crippen LogP contribution >= 0.6 is 0 Å². The van der Waals surface area contributed by atoms with Gasteiger partial charge >= 0.3 is 0 Å². The van der Waals surface area contributed by atoms with Crippen LogP contribution in [0, 0.1) is 6.92 Å². The summed E-state index contributed by atoms with van der Waals surface area (Å²) in [5, 5.41) is 10.9. The summed E-state index contributed by atoms with van der Waals surface area (Å²) in [5.74, 6) is 0.942. The van der Waals surface area contributed by atoms with Gasteiger partial charge in [-0.25, -0.2) is 0 Å². The van der Waals surface area contributed by atoms with Gasteiger partial charge in [0, 0.05) is 21.7 Å².